The van der Waals surface area contributed by atoms with Gasteiger partial charge in [0.15, 0.2) is 11.6 Å². The lowest BCUT2D eigenvalue weighted by Crippen LogP contribution is -2.37. The van der Waals surface area contributed by atoms with E-state index >= 15 is 0 Å². The molecule has 108 valence electrons. The van der Waals surface area contributed by atoms with Crippen LogP contribution in [0.15, 0.2) is 18.2 Å². The molecule has 0 amide bonds. The second-order valence-electron chi connectivity index (χ2n) is 5.57. The number of likely N-dealkylation sites (N-methyl/N-ethyl adjacent to an activating group) is 1. The molecule has 2 unspecified atom stereocenters. The van der Waals surface area contributed by atoms with Gasteiger partial charge in [-0.15, -0.1) is 0 Å². The minimum absolute atomic E-state index is 0.0937. The van der Waals surface area contributed by atoms with Crippen molar-refractivity contribution in [2.75, 3.05) is 13.6 Å². The Labute approximate surface area is 114 Å². The largest absolute Gasteiger partial charge is 0.329 e. The molecule has 0 aliphatic carbocycles. The summed E-state index contributed by atoms with van der Waals surface area (Å²) in [6.07, 6.45) is 1.04. The molecule has 0 aromatic heterocycles. The van der Waals surface area contributed by atoms with Crippen LogP contribution in [0.2, 0.25) is 0 Å². The van der Waals surface area contributed by atoms with E-state index in [2.05, 4.69) is 25.7 Å². The van der Waals surface area contributed by atoms with Crippen LogP contribution < -0.4 is 5.73 Å². The van der Waals surface area contributed by atoms with Gasteiger partial charge in [0.1, 0.15) is 0 Å². The SMILES string of the molecule is CC(C)CC(C)N(C)C(CN)c1ccc(F)c(F)c1. The average molecular weight is 270 g/mol. The Balaban J connectivity index is 2.89. The fourth-order valence-electron chi connectivity index (χ4n) is 2.41. The maximum atomic E-state index is 13.3. The van der Waals surface area contributed by atoms with Crippen LogP contribution in [0.3, 0.4) is 0 Å². The van der Waals surface area contributed by atoms with Crippen molar-refractivity contribution < 1.29 is 8.78 Å². The molecule has 0 aliphatic heterocycles. The molecule has 0 aliphatic rings. The first-order valence-corrected chi connectivity index (χ1v) is 6.73. The van der Waals surface area contributed by atoms with Crippen molar-refractivity contribution in [3.8, 4) is 0 Å². The predicted octanol–water partition coefficient (Wildman–Crippen LogP) is 3.33. The highest BCUT2D eigenvalue weighted by Crippen LogP contribution is 2.24. The molecule has 2 atom stereocenters. The fraction of sp³-hybridized carbons (Fsp3) is 0.600. The predicted molar refractivity (Wildman–Crippen MR) is 74.8 cm³/mol. The van der Waals surface area contributed by atoms with Gasteiger partial charge in [-0.2, -0.15) is 0 Å². The van der Waals surface area contributed by atoms with Crippen molar-refractivity contribution in [1.29, 1.82) is 0 Å². The Hall–Kier alpha value is -1.00. The van der Waals surface area contributed by atoms with Crippen LogP contribution in [0.25, 0.3) is 0 Å². The molecule has 1 aromatic carbocycles. The van der Waals surface area contributed by atoms with Crippen LogP contribution >= 0.6 is 0 Å². The molecule has 0 saturated heterocycles. The smallest absolute Gasteiger partial charge is 0.159 e. The lowest BCUT2D eigenvalue weighted by molar-refractivity contribution is 0.168. The summed E-state index contributed by atoms with van der Waals surface area (Å²) >= 11 is 0. The average Bonchev–Trinajstić information content (AvgIpc) is 2.33. The van der Waals surface area contributed by atoms with Gasteiger partial charge in [0.2, 0.25) is 0 Å². The first-order chi connectivity index (χ1) is 8.86. The minimum Gasteiger partial charge on any atom is -0.329 e. The molecular formula is C15H24F2N2. The third kappa shape index (κ3) is 4.25. The molecule has 2 nitrogen and oxygen atoms in total. The Morgan fingerprint density at radius 3 is 2.26 bits per heavy atom. The quantitative estimate of drug-likeness (QED) is 0.859. The van der Waals surface area contributed by atoms with Crippen molar-refractivity contribution in [2.24, 2.45) is 11.7 Å². The van der Waals surface area contributed by atoms with Gasteiger partial charge >= 0.3 is 0 Å². The highest BCUT2D eigenvalue weighted by Gasteiger charge is 2.21. The maximum Gasteiger partial charge on any atom is 0.159 e. The summed E-state index contributed by atoms with van der Waals surface area (Å²) in [4.78, 5) is 2.13. The third-order valence-electron chi connectivity index (χ3n) is 3.55. The van der Waals surface area contributed by atoms with Crippen LogP contribution in [0.5, 0.6) is 0 Å². The van der Waals surface area contributed by atoms with E-state index in [1.807, 2.05) is 7.05 Å². The molecule has 2 N–H and O–H groups in total. The highest BCUT2D eigenvalue weighted by atomic mass is 19.2. The highest BCUT2D eigenvalue weighted by molar-refractivity contribution is 5.22. The Morgan fingerprint density at radius 1 is 1.16 bits per heavy atom. The second kappa shape index (κ2) is 6.96. The molecule has 0 spiro atoms. The number of hydrogen-bond acceptors (Lipinski definition) is 2. The van der Waals surface area contributed by atoms with Crippen molar-refractivity contribution in [3.05, 3.63) is 35.4 Å². The minimum atomic E-state index is -0.822. The van der Waals surface area contributed by atoms with E-state index in [1.54, 1.807) is 6.07 Å². The normalized spacial score (nSPS) is 15.0. The Bertz CT molecular complexity index is 407. The summed E-state index contributed by atoms with van der Waals surface area (Å²) in [7, 11) is 1.98. The third-order valence-corrected chi connectivity index (χ3v) is 3.55. The summed E-state index contributed by atoms with van der Waals surface area (Å²) in [5, 5.41) is 0. The molecule has 0 radical (unpaired) electrons. The van der Waals surface area contributed by atoms with E-state index in [9.17, 15) is 8.78 Å². The van der Waals surface area contributed by atoms with Crippen LogP contribution in [0.1, 0.15) is 38.8 Å². The van der Waals surface area contributed by atoms with E-state index in [1.165, 1.54) is 6.07 Å². The first kappa shape index (κ1) is 16.1. The summed E-state index contributed by atoms with van der Waals surface area (Å²) < 4.78 is 26.3. The molecule has 1 aromatic rings. The van der Waals surface area contributed by atoms with E-state index in [-0.39, 0.29) is 6.04 Å². The standard InChI is InChI=1S/C15H24F2N2/c1-10(2)7-11(3)19(4)15(9-18)12-5-6-13(16)14(17)8-12/h5-6,8,10-11,15H,7,9,18H2,1-4H3. The molecule has 1 rings (SSSR count). The molecule has 19 heavy (non-hydrogen) atoms. The van der Waals surface area contributed by atoms with E-state index in [0.717, 1.165) is 18.1 Å². The number of nitrogens with two attached hydrogens (primary N) is 1. The van der Waals surface area contributed by atoms with E-state index < -0.39 is 11.6 Å². The number of nitrogens with zero attached hydrogens (tertiary/aromatic N) is 1. The number of rotatable bonds is 6. The molecule has 0 heterocycles. The topological polar surface area (TPSA) is 29.3 Å². The summed E-state index contributed by atoms with van der Waals surface area (Å²) in [5.41, 5.74) is 6.53. The van der Waals surface area contributed by atoms with Crippen molar-refractivity contribution >= 4 is 0 Å². The summed E-state index contributed by atoms with van der Waals surface area (Å²) in [5.74, 6) is -1.06. The van der Waals surface area contributed by atoms with Crippen LogP contribution in [-0.2, 0) is 0 Å². The number of benzene rings is 1. The van der Waals surface area contributed by atoms with Gasteiger partial charge in [-0.1, -0.05) is 19.9 Å². The van der Waals surface area contributed by atoms with E-state index in [4.69, 9.17) is 5.73 Å². The zero-order valence-electron chi connectivity index (χ0n) is 12.2. The Kier molecular flexibility index (Phi) is 5.88. The zero-order chi connectivity index (χ0) is 14.6. The van der Waals surface area contributed by atoms with Gasteiger partial charge in [-0.05, 0) is 44.0 Å². The molecule has 0 saturated carbocycles. The van der Waals surface area contributed by atoms with Crippen molar-refractivity contribution in [3.63, 3.8) is 0 Å². The lowest BCUT2D eigenvalue weighted by atomic mass is 9.99. The number of halogens is 2. The van der Waals surface area contributed by atoms with Crippen LogP contribution in [0.4, 0.5) is 8.78 Å². The molecule has 0 fully saturated rings. The van der Waals surface area contributed by atoms with Gasteiger partial charge in [0.25, 0.3) is 0 Å². The van der Waals surface area contributed by atoms with Crippen molar-refractivity contribution in [1.82, 2.24) is 4.90 Å². The monoisotopic (exact) mass is 270 g/mol. The molecular weight excluding hydrogens is 246 g/mol. The fourth-order valence-corrected chi connectivity index (χ4v) is 2.41. The second-order valence-corrected chi connectivity index (χ2v) is 5.57. The first-order valence-electron chi connectivity index (χ1n) is 6.73. The molecule has 4 heteroatoms. The van der Waals surface area contributed by atoms with Crippen molar-refractivity contribution in [2.45, 2.75) is 39.3 Å². The number of hydrogen-bond donors (Lipinski definition) is 1. The van der Waals surface area contributed by atoms with Gasteiger partial charge in [-0.25, -0.2) is 8.78 Å². The van der Waals surface area contributed by atoms with Crippen LogP contribution in [0, 0.1) is 17.6 Å². The molecule has 0 bridgehead atoms. The van der Waals surface area contributed by atoms with Gasteiger partial charge in [0.05, 0.1) is 0 Å². The Morgan fingerprint density at radius 2 is 1.79 bits per heavy atom. The lowest BCUT2D eigenvalue weighted by Gasteiger charge is -2.33. The van der Waals surface area contributed by atoms with Crippen LogP contribution in [-0.4, -0.2) is 24.5 Å². The van der Waals surface area contributed by atoms with E-state index in [0.29, 0.717) is 18.5 Å². The van der Waals surface area contributed by atoms with Gasteiger partial charge in [0, 0.05) is 18.6 Å². The van der Waals surface area contributed by atoms with Gasteiger partial charge < -0.3 is 5.73 Å². The summed E-state index contributed by atoms with van der Waals surface area (Å²) in [6.45, 7) is 6.84. The van der Waals surface area contributed by atoms with Gasteiger partial charge in [-0.3, -0.25) is 4.90 Å². The summed E-state index contributed by atoms with van der Waals surface area (Å²) in [6, 6.07) is 4.25. The zero-order valence-corrected chi connectivity index (χ0v) is 12.2. The maximum absolute atomic E-state index is 13.3.